The highest BCUT2D eigenvalue weighted by atomic mass is 16.5. The molecule has 1 atom stereocenters. The number of nitrogens with one attached hydrogen (secondary N) is 2. The lowest BCUT2D eigenvalue weighted by Crippen LogP contribution is -2.44. The summed E-state index contributed by atoms with van der Waals surface area (Å²) < 4.78 is 5.66. The second-order valence-electron chi connectivity index (χ2n) is 8.57. The Labute approximate surface area is 189 Å². The van der Waals surface area contributed by atoms with E-state index in [0.29, 0.717) is 17.9 Å². The number of aryl methyl sites for hydroxylation is 1. The zero-order valence-corrected chi connectivity index (χ0v) is 18.9. The van der Waals surface area contributed by atoms with E-state index in [1.807, 2.05) is 58.0 Å². The Bertz CT molecular complexity index is 1010. The molecule has 2 amide bonds. The zero-order valence-electron chi connectivity index (χ0n) is 18.9. The molecule has 7 nitrogen and oxygen atoms in total. The summed E-state index contributed by atoms with van der Waals surface area (Å²) in [5, 5.41) is 14.9. The summed E-state index contributed by atoms with van der Waals surface area (Å²) in [5.74, 6) is -0.278. The van der Waals surface area contributed by atoms with E-state index in [0.717, 1.165) is 11.1 Å². The molecule has 7 heteroatoms. The van der Waals surface area contributed by atoms with Crippen LogP contribution in [0.4, 0.5) is 0 Å². The van der Waals surface area contributed by atoms with Crippen molar-refractivity contribution in [1.29, 1.82) is 5.26 Å². The number of rotatable bonds is 8. The van der Waals surface area contributed by atoms with E-state index in [9.17, 15) is 14.9 Å². The topological polar surface area (TPSA) is 117 Å². The highest BCUT2D eigenvalue weighted by Gasteiger charge is 2.17. The molecule has 32 heavy (non-hydrogen) atoms. The van der Waals surface area contributed by atoms with Crippen LogP contribution in [-0.2, 0) is 16.1 Å². The molecule has 0 fully saturated rings. The summed E-state index contributed by atoms with van der Waals surface area (Å²) in [6, 6.07) is 15.8. The van der Waals surface area contributed by atoms with Gasteiger partial charge in [-0.05, 0) is 57.0 Å². The van der Waals surface area contributed by atoms with Gasteiger partial charge in [-0.1, -0.05) is 42.0 Å². The van der Waals surface area contributed by atoms with Crippen molar-refractivity contribution in [2.75, 3.05) is 6.61 Å². The van der Waals surface area contributed by atoms with Crippen molar-refractivity contribution >= 4 is 17.9 Å². The summed E-state index contributed by atoms with van der Waals surface area (Å²) in [7, 11) is 0. The third-order valence-electron chi connectivity index (χ3n) is 4.38. The third kappa shape index (κ3) is 8.25. The second kappa shape index (κ2) is 11.1. The monoisotopic (exact) mass is 434 g/mol. The first kappa shape index (κ1) is 24.6. The van der Waals surface area contributed by atoms with E-state index in [-0.39, 0.29) is 18.1 Å². The molecule has 0 radical (unpaired) electrons. The Balaban J connectivity index is 1.94. The van der Waals surface area contributed by atoms with E-state index in [4.69, 9.17) is 10.5 Å². The molecule has 0 saturated carbocycles. The average molecular weight is 435 g/mol. The van der Waals surface area contributed by atoms with E-state index in [1.165, 1.54) is 6.08 Å². The Morgan fingerprint density at radius 3 is 2.50 bits per heavy atom. The predicted octanol–water partition coefficient (Wildman–Crippen LogP) is 2.84. The van der Waals surface area contributed by atoms with Crippen molar-refractivity contribution in [3.8, 4) is 11.8 Å². The van der Waals surface area contributed by atoms with E-state index in [1.54, 1.807) is 24.3 Å². The van der Waals surface area contributed by atoms with Gasteiger partial charge in [0, 0.05) is 12.1 Å². The van der Waals surface area contributed by atoms with Gasteiger partial charge in [0.1, 0.15) is 30.0 Å². The van der Waals surface area contributed by atoms with Gasteiger partial charge < -0.3 is 21.1 Å². The number of nitrogens with zero attached hydrogens (tertiary/aromatic N) is 1. The van der Waals surface area contributed by atoms with Crippen LogP contribution in [0.3, 0.4) is 0 Å². The normalized spacial score (nSPS) is 12.4. The lowest BCUT2D eigenvalue weighted by molar-refractivity contribution is -0.123. The van der Waals surface area contributed by atoms with Crippen molar-refractivity contribution in [2.24, 2.45) is 5.73 Å². The van der Waals surface area contributed by atoms with E-state index >= 15 is 0 Å². The van der Waals surface area contributed by atoms with E-state index in [2.05, 4.69) is 10.6 Å². The van der Waals surface area contributed by atoms with Gasteiger partial charge >= 0.3 is 0 Å². The molecule has 2 aromatic rings. The minimum absolute atomic E-state index is 0.00994. The maximum Gasteiger partial charge on any atom is 0.262 e. The minimum Gasteiger partial charge on any atom is -0.491 e. The van der Waals surface area contributed by atoms with Gasteiger partial charge in [0.2, 0.25) is 5.91 Å². The molecule has 0 aliphatic carbocycles. The van der Waals surface area contributed by atoms with Crippen LogP contribution in [0.15, 0.2) is 54.1 Å². The summed E-state index contributed by atoms with van der Waals surface area (Å²) in [6.45, 7) is 7.91. The number of nitriles is 1. The summed E-state index contributed by atoms with van der Waals surface area (Å²) in [5.41, 5.74) is 8.25. The first-order valence-corrected chi connectivity index (χ1v) is 10.3. The van der Waals surface area contributed by atoms with Crippen LogP contribution in [0.25, 0.3) is 6.08 Å². The predicted molar refractivity (Wildman–Crippen MR) is 124 cm³/mol. The van der Waals surface area contributed by atoms with Crippen LogP contribution in [0.1, 0.15) is 37.5 Å². The maximum atomic E-state index is 12.3. The molecule has 0 bridgehead atoms. The number of carbonyl (C=O) groups excluding carboxylic acids is 2. The fraction of sp³-hybridized carbons (Fsp3) is 0.320. The lowest BCUT2D eigenvalue weighted by Gasteiger charge is -2.20. The average Bonchev–Trinajstić information content (AvgIpc) is 2.74. The van der Waals surface area contributed by atoms with Gasteiger partial charge in [0.15, 0.2) is 0 Å². The zero-order chi connectivity index (χ0) is 23.7. The van der Waals surface area contributed by atoms with Crippen LogP contribution in [0.5, 0.6) is 5.75 Å². The highest BCUT2D eigenvalue weighted by molar-refractivity contribution is 6.02. The molecule has 0 aliphatic heterocycles. The number of hydrogen-bond donors (Lipinski definition) is 3. The summed E-state index contributed by atoms with van der Waals surface area (Å²) >= 11 is 0. The fourth-order valence-electron chi connectivity index (χ4n) is 2.71. The van der Waals surface area contributed by atoms with Crippen molar-refractivity contribution < 1.29 is 14.3 Å². The molecular weight excluding hydrogens is 404 g/mol. The van der Waals surface area contributed by atoms with E-state index < -0.39 is 17.5 Å². The molecular formula is C25H30N4O3. The summed E-state index contributed by atoms with van der Waals surface area (Å²) in [4.78, 5) is 24.5. The van der Waals surface area contributed by atoms with Gasteiger partial charge in [0.25, 0.3) is 5.91 Å². The third-order valence-corrected chi connectivity index (χ3v) is 4.38. The van der Waals surface area contributed by atoms with Crippen molar-refractivity contribution in [3.63, 3.8) is 0 Å². The highest BCUT2D eigenvalue weighted by Crippen LogP contribution is 2.16. The molecule has 0 aliphatic rings. The Hall–Kier alpha value is -3.63. The fourth-order valence-corrected chi connectivity index (χ4v) is 2.71. The molecule has 2 rings (SSSR count). The molecule has 0 aromatic heterocycles. The number of nitrogens with two attached hydrogens (primary N) is 1. The van der Waals surface area contributed by atoms with Crippen molar-refractivity contribution in [1.82, 2.24) is 10.6 Å². The second-order valence-corrected chi connectivity index (χ2v) is 8.57. The molecule has 1 unspecified atom stereocenters. The molecule has 0 spiro atoms. The molecule has 168 valence electrons. The lowest BCUT2D eigenvalue weighted by atomic mass is 10.1. The standard InChI is InChI=1S/C25H30N4O3/c1-17-8-10-18(11-9-17)15-28-24(31)22(27)16-32-21-7-5-6-19(13-21)12-20(14-26)23(30)29-25(2,3)4/h5-13,22H,15-16,27H2,1-4H3,(H,28,31)(H,29,30). The van der Waals surface area contributed by atoms with Crippen LogP contribution in [-0.4, -0.2) is 30.0 Å². The van der Waals surface area contributed by atoms with Crippen LogP contribution in [0, 0.1) is 18.3 Å². The Morgan fingerprint density at radius 2 is 1.88 bits per heavy atom. The van der Waals surface area contributed by atoms with Crippen LogP contribution < -0.4 is 21.1 Å². The number of amides is 2. The SMILES string of the molecule is Cc1ccc(CNC(=O)C(N)COc2cccc(C=C(C#N)C(=O)NC(C)(C)C)c2)cc1. The van der Waals surface area contributed by atoms with Crippen molar-refractivity contribution in [2.45, 2.75) is 45.8 Å². The first-order chi connectivity index (χ1) is 15.1. The number of benzene rings is 2. The Morgan fingerprint density at radius 1 is 1.19 bits per heavy atom. The largest absolute Gasteiger partial charge is 0.491 e. The molecule has 0 saturated heterocycles. The number of carbonyl (C=O) groups is 2. The first-order valence-electron chi connectivity index (χ1n) is 10.3. The Kier molecular flexibility index (Phi) is 8.56. The molecule has 4 N–H and O–H groups in total. The minimum atomic E-state index is -0.841. The van der Waals surface area contributed by atoms with Gasteiger partial charge in [-0.25, -0.2) is 0 Å². The van der Waals surface area contributed by atoms with Gasteiger partial charge in [-0.3, -0.25) is 9.59 Å². The van der Waals surface area contributed by atoms with Crippen LogP contribution in [0.2, 0.25) is 0 Å². The van der Waals surface area contributed by atoms with Gasteiger partial charge in [0.05, 0.1) is 0 Å². The summed E-state index contributed by atoms with van der Waals surface area (Å²) in [6.07, 6.45) is 1.49. The maximum absolute atomic E-state index is 12.3. The molecule has 2 aromatic carbocycles. The van der Waals surface area contributed by atoms with Crippen molar-refractivity contribution in [3.05, 3.63) is 70.8 Å². The quantitative estimate of drug-likeness (QED) is 0.436. The van der Waals surface area contributed by atoms with Crippen LogP contribution >= 0.6 is 0 Å². The van der Waals surface area contributed by atoms with Gasteiger partial charge in [-0.2, -0.15) is 5.26 Å². The molecule has 0 heterocycles. The van der Waals surface area contributed by atoms with Gasteiger partial charge in [-0.15, -0.1) is 0 Å². The number of hydrogen-bond acceptors (Lipinski definition) is 5. The number of ether oxygens (including phenoxy) is 1. The smallest absolute Gasteiger partial charge is 0.262 e.